The van der Waals surface area contributed by atoms with Crippen LogP contribution in [0.3, 0.4) is 0 Å². The van der Waals surface area contributed by atoms with Gasteiger partial charge in [0.05, 0.1) is 15.9 Å². The number of amides is 1. The summed E-state index contributed by atoms with van der Waals surface area (Å²) < 4.78 is 80.0. The fraction of sp³-hybridized carbons (Fsp3) is 0.263. The molecule has 31 heavy (non-hydrogen) atoms. The molecule has 0 radical (unpaired) electrons. The zero-order chi connectivity index (χ0) is 23.0. The van der Waals surface area contributed by atoms with E-state index in [1.807, 2.05) is 0 Å². The van der Waals surface area contributed by atoms with E-state index in [4.69, 9.17) is 0 Å². The number of hydrogen-bond donors (Lipinski definition) is 1. The summed E-state index contributed by atoms with van der Waals surface area (Å²) in [5.41, 5.74) is 0.0412. The van der Waals surface area contributed by atoms with E-state index < -0.39 is 33.7 Å². The summed E-state index contributed by atoms with van der Waals surface area (Å²) in [6, 6.07) is 8.56. The maximum absolute atomic E-state index is 13.5. The Balaban J connectivity index is 1.92. The highest BCUT2D eigenvalue weighted by Gasteiger charge is 2.38. The standard InChI is InChI=1S/C19H18F4N4O3S/c1-26(2)31(29,30)14-6-7-16-15(11-14)25-18(19(21,22)23)27(16)9-8-17(28)24-13-5-3-4-12(20)10-13/h3-7,10-11H,8-9H2,1-2H3,(H,24,28). The van der Waals surface area contributed by atoms with Crippen molar-refractivity contribution in [1.29, 1.82) is 0 Å². The molecule has 0 saturated heterocycles. The van der Waals surface area contributed by atoms with Crippen LogP contribution < -0.4 is 5.32 Å². The number of sulfonamides is 1. The Hall–Kier alpha value is -2.99. The highest BCUT2D eigenvalue weighted by atomic mass is 32.2. The summed E-state index contributed by atoms with van der Waals surface area (Å²) in [7, 11) is -1.26. The third kappa shape index (κ3) is 4.85. The topological polar surface area (TPSA) is 84.3 Å². The van der Waals surface area contributed by atoms with E-state index in [1.165, 1.54) is 44.4 Å². The minimum Gasteiger partial charge on any atom is -0.326 e. The minimum atomic E-state index is -4.82. The van der Waals surface area contributed by atoms with Gasteiger partial charge in [0.2, 0.25) is 21.8 Å². The maximum atomic E-state index is 13.5. The lowest BCUT2D eigenvalue weighted by molar-refractivity contribution is -0.147. The van der Waals surface area contributed by atoms with Crippen molar-refractivity contribution in [3.8, 4) is 0 Å². The Morgan fingerprint density at radius 2 is 1.87 bits per heavy atom. The molecule has 1 N–H and O–H groups in total. The maximum Gasteiger partial charge on any atom is 0.449 e. The Bertz CT molecular complexity index is 1240. The summed E-state index contributed by atoms with van der Waals surface area (Å²) in [5, 5.41) is 2.41. The number of fused-ring (bicyclic) bond motifs is 1. The molecule has 3 rings (SSSR count). The average Bonchev–Trinajstić information content (AvgIpc) is 3.04. The molecule has 1 amide bonds. The number of aryl methyl sites for hydroxylation is 1. The first-order chi connectivity index (χ1) is 14.4. The Morgan fingerprint density at radius 3 is 2.48 bits per heavy atom. The summed E-state index contributed by atoms with van der Waals surface area (Å²) in [6.45, 7) is -0.369. The van der Waals surface area contributed by atoms with Crippen LogP contribution in [0, 0.1) is 5.82 Å². The molecule has 0 unspecified atom stereocenters. The van der Waals surface area contributed by atoms with Gasteiger partial charge in [0, 0.05) is 32.7 Å². The van der Waals surface area contributed by atoms with E-state index >= 15 is 0 Å². The molecule has 166 valence electrons. The highest BCUT2D eigenvalue weighted by Crippen LogP contribution is 2.32. The van der Waals surface area contributed by atoms with E-state index in [-0.39, 0.29) is 34.6 Å². The van der Waals surface area contributed by atoms with Crippen LogP contribution in [0.4, 0.5) is 23.2 Å². The summed E-state index contributed by atoms with van der Waals surface area (Å²) >= 11 is 0. The molecule has 3 aromatic rings. The Morgan fingerprint density at radius 1 is 1.16 bits per heavy atom. The lowest BCUT2D eigenvalue weighted by Gasteiger charge is -2.12. The Labute approximate surface area is 175 Å². The molecule has 0 aliphatic rings. The number of hydrogen-bond acceptors (Lipinski definition) is 4. The molecule has 12 heteroatoms. The van der Waals surface area contributed by atoms with E-state index in [9.17, 15) is 30.8 Å². The van der Waals surface area contributed by atoms with E-state index in [2.05, 4.69) is 10.3 Å². The predicted molar refractivity (Wildman–Crippen MR) is 105 cm³/mol. The van der Waals surface area contributed by atoms with Crippen molar-refractivity contribution >= 4 is 32.7 Å². The van der Waals surface area contributed by atoms with Crippen molar-refractivity contribution < 1.29 is 30.8 Å². The van der Waals surface area contributed by atoms with Crippen LogP contribution in [0.15, 0.2) is 47.4 Å². The number of alkyl halides is 3. The first-order valence-electron chi connectivity index (χ1n) is 8.95. The van der Waals surface area contributed by atoms with Crippen LogP contribution in [0.25, 0.3) is 11.0 Å². The zero-order valence-electron chi connectivity index (χ0n) is 16.4. The number of benzene rings is 2. The van der Waals surface area contributed by atoms with Crippen LogP contribution in [0.1, 0.15) is 12.2 Å². The van der Waals surface area contributed by atoms with E-state index in [0.29, 0.717) is 0 Å². The molecule has 0 aliphatic carbocycles. The molecule has 0 fully saturated rings. The van der Waals surface area contributed by atoms with Crippen molar-refractivity contribution in [2.24, 2.45) is 0 Å². The van der Waals surface area contributed by atoms with Crippen LogP contribution in [-0.2, 0) is 27.5 Å². The van der Waals surface area contributed by atoms with Gasteiger partial charge >= 0.3 is 6.18 Å². The second kappa shape index (κ2) is 8.27. The molecular formula is C19H18F4N4O3S. The van der Waals surface area contributed by atoms with Crippen LogP contribution in [0.2, 0.25) is 0 Å². The quantitative estimate of drug-likeness (QED) is 0.574. The normalized spacial score (nSPS) is 12.5. The minimum absolute atomic E-state index is 0.0311. The molecule has 0 atom stereocenters. The number of carbonyl (C=O) groups is 1. The Kier molecular flexibility index (Phi) is 6.05. The number of carbonyl (C=O) groups excluding carboxylic acids is 1. The van der Waals surface area contributed by atoms with Gasteiger partial charge in [-0.1, -0.05) is 6.07 Å². The lowest BCUT2D eigenvalue weighted by Crippen LogP contribution is -2.22. The van der Waals surface area contributed by atoms with Crippen molar-refractivity contribution in [2.45, 2.75) is 24.0 Å². The van der Waals surface area contributed by atoms with Crippen LogP contribution in [-0.4, -0.2) is 42.3 Å². The molecule has 0 bridgehead atoms. The molecular weight excluding hydrogens is 440 g/mol. The van der Waals surface area contributed by atoms with Gasteiger partial charge < -0.3 is 9.88 Å². The predicted octanol–water partition coefficient (Wildman–Crippen LogP) is 3.47. The second-order valence-electron chi connectivity index (χ2n) is 6.83. The van der Waals surface area contributed by atoms with E-state index in [0.717, 1.165) is 21.0 Å². The zero-order valence-corrected chi connectivity index (χ0v) is 17.3. The molecule has 0 spiro atoms. The first-order valence-corrected chi connectivity index (χ1v) is 10.4. The van der Waals surface area contributed by atoms with Crippen LogP contribution >= 0.6 is 0 Å². The molecule has 0 saturated carbocycles. The van der Waals surface area contributed by atoms with Crippen LogP contribution in [0.5, 0.6) is 0 Å². The third-order valence-electron chi connectivity index (χ3n) is 4.42. The average molecular weight is 458 g/mol. The van der Waals surface area contributed by atoms with Gasteiger partial charge in [-0.2, -0.15) is 13.2 Å². The lowest BCUT2D eigenvalue weighted by atomic mass is 10.3. The number of anilines is 1. The fourth-order valence-electron chi connectivity index (χ4n) is 2.93. The van der Waals surface area contributed by atoms with Gasteiger partial charge in [-0.3, -0.25) is 4.79 Å². The number of halogens is 4. The fourth-order valence-corrected chi connectivity index (χ4v) is 3.85. The summed E-state index contributed by atoms with van der Waals surface area (Å²) in [5.74, 6) is -2.44. The van der Waals surface area contributed by atoms with Crippen molar-refractivity contribution in [3.63, 3.8) is 0 Å². The van der Waals surface area contributed by atoms with Gasteiger partial charge in [0.15, 0.2) is 0 Å². The van der Waals surface area contributed by atoms with Crippen molar-refractivity contribution in [2.75, 3.05) is 19.4 Å². The number of rotatable bonds is 6. The van der Waals surface area contributed by atoms with Crippen molar-refractivity contribution in [3.05, 3.63) is 54.1 Å². The van der Waals surface area contributed by atoms with Gasteiger partial charge in [-0.05, 0) is 36.4 Å². The number of imidazole rings is 1. The van der Waals surface area contributed by atoms with Crippen molar-refractivity contribution in [1.82, 2.24) is 13.9 Å². The first kappa shape index (κ1) is 22.7. The largest absolute Gasteiger partial charge is 0.449 e. The highest BCUT2D eigenvalue weighted by molar-refractivity contribution is 7.89. The second-order valence-corrected chi connectivity index (χ2v) is 8.98. The van der Waals surface area contributed by atoms with Gasteiger partial charge in [-0.15, -0.1) is 0 Å². The SMILES string of the molecule is CN(C)S(=O)(=O)c1ccc2c(c1)nc(C(F)(F)F)n2CCC(=O)Nc1cccc(F)c1. The number of nitrogens with zero attached hydrogens (tertiary/aromatic N) is 3. The third-order valence-corrected chi connectivity index (χ3v) is 6.23. The monoisotopic (exact) mass is 458 g/mol. The van der Waals surface area contributed by atoms with Gasteiger partial charge in [0.25, 0.3) is 0 Å². The molecule has 2 aromatic carbocycles. The molecule has 1 heterocycles. The van der Waals surface area contributed by atoms with Gasteiger partial charge in [0.1, 0.15) is 5.82 Å². The van der Waals surface area contributed by atoms with Gasteiger partial charge in [-0.25, -0.2) is 22.1 Å². The molecule has 0 aliphatic heterocycles. The smallest absolute Gasteiger partial charge is 0.326 e. The van der Waals surface area contributed by atoms with E-state index in [1.54, 1.807) is 0 Å². The number of nitrogens with one attached hydrogen (secondary N) is 1. The summed E-state index contributed by atoms with van der Waals surface area (Å²) in [4.78, 5) is 15.5. The molecule has 7 nitrogen and oxygen atoms in total. The number of aromatic nitrogens is 2. The molecule has 1 aromatic heterocycles. The summed E-state index contributed by atoms with van der Waals surface area (Å²) in [6.07, 6.45) is -5.17.